The first-order valence-corrected chi connectivity index (χ1v) is 6.83. The SMILES string of the molecule is CCCOCCCNC1CCCCCC1O. The van der Waals surface area contributed by atoms with E-state index in [-0.39, 0.29) is 6.10 Å². The Morgan fingerprint density at radius 1 is 1.19 bits per heavy atom. The maximum atomic E-state index is 9.90. The van der Waals surface area contributed by atoms with Gasteiger partial charge in [-0.05, 0) is 32.2 Å². The molecule has 0 radical (unpaired) electrons. The molecule has 0 aromatic rings. The van der Waals surface area contributed by atoms with Crippen LogP contribution in [0.3, 0.4) is 0 Å². The number of rotatable bonds is 7. The zero-order valence-corrected chi connectivity index (χ0v) is 10.6. The standard InChI is InChI=1S/C13H27NO2/c1-2-10-16-11-6-9-14-12-7-4-3-5-8-13(12)15/h12-15H,2-11H2,1H3. The van der Waals surface area contributed by atoms with E-state index in [2.05, 4.69) is 12.2 Å². The van der Waals surface area contributed by atoms with Crippen molar-refractivity contribution in [3.8, 4) is 0 Å². The number of hydrogen-bond acceptors (Lipinski definition) is 3. The van der Waals surface area contributed by atoms with E-state index in [1.54, 1.807) is 0 Å². The molecule has 1 fully saturated rings. The molecule has 3 heteroatoms. The van der Waals surface area contributed by atoms with E-state index in [0.29, 0.717) is 6.04 Å². The number of nitrogens with one attached hydrogen (secondary N) is 1. The summed E-state index contributed by atoms with van der Waals surface area (Å²) >= 11 is 0. The molecule has 0 saturated heterocycles. The monoisotopic (exact) mass is 229 g/mol. The lowest BCUT2D eigenvalue weighted by molar-refractivity contribution is 0.111. The quantitative estimate of drug-likeness (QED) is 0.519. The Bertz CT molecular complexity index is 164. The highest BCUT2D eigenvalue weighted by Crippen LogP contribution is 2.17. The fraction of sp³-hybridized carbons (Fsp3) is 1.00. The largest absolute Gasteiger partial charge is 0.392 e. The predicted molar refractivity (Wildman–Crippen MR) is 66.6 cm³/mol. The van der Waals surface area contributed by atoms with Crippen LogP contribution in [0, 0.1) is 0 Å². The van der Waals surface area contributed by atoms with E-state index in [1.165, 1.54) is 19.3 Å². The van der Waals surface area contributed by atoms with Gasteiger partial charge in [-0.2, -0.15) is 0 Å². The summed E-state index contributed by atoms with van der Waals surface area (Å²) in [5.74, 6) is 0. The van der Waals surface area contributed by atoms with Crippen molar-refractivity contribution in [3.05, 3.63) is 0 Å². The second-order valence-corrected chi connectivity index (χ2v) is 4.73. The van der Waals surface area contributed by atoms with Crippen LogP contribution in [0.5, 0.6) is 0 Å². The first-order chi connectivity index (χ1) is 7.84. The van der Waals surface area contributed by atoms with Crippen LogP contribution in [-0.4, -0.2) is 37.0 Å². The lowest BCUT2D eigenvalue weighted by Gasteiger charge is -2.21. The van der Waals surface area contributed by atoms with E-state index in [1.807, 2.05) is 0 Å². The van der Waals surface area contributed by atoms with Gasteiger partial charge in [0, 0.05) is 19.3 Å². The summed E-state index contributed by atoms with van der Waals surface area (Å²) in [5.41, 5.74) is 0. The molecule has 0 aliphatic heterocycles. The molecule has 0 aromatic heterocycles. The highest BCUT2D eigenvalue weighted by Gasteiger charge is 2.20. The van der Waals surface area contributed by atoms with Gasteiger partial charge in [-0.15, -0.1) is 0 Å². The molecule has 0 spiro atoms. The summed E-state index contributed by atoms with van der Waals surface area (Å²) < 4.78 is 5.42. The van der Waals surface area contributed by atoms with E-state index in [4.69, 9.17) is 4.74 Å². The van der Waals surface area contributed by atoms with Gasteiger partial charge in [0.2, 0.25) is 0 Å². The van der Waals surface area contributed by atoms with Crippen molar-refractivity contribution in [2.45, 2.75) is 64.0 Å². The van der Waals surface area contributed by atoms with Gasteiger partial charge in [0.1, 0.15) is 0 Å². The topological polar surface area (TPSA) is 41.5 Å². The Morgan fingerprint density at radius 3 is 2.81 bits per heavy atom. The third kappa shape index (κ3) is 5.83. The molecule has 96 valence electrons. The van der Waals surface area contributed by atoms with Crippen molar-refractivity contribution in [2.24, 2.45) is 0 Å². The van der Waals surface area contributed by atoms with Gasteiger partial charge >= 0.3 is 0 Å². The predicted octanol–water partition coefficient (Wildman–Crippen LogP) is 2.09. The summed E-state index contributed by atoms with van der Waals surface area (Å²) in [5, 5.41) is 13.4. The van der Waals surface area contributed by atoms with Crippen molar-refractivity contribution in [3.63, 3.8) is 0 Å². The molecule has 0 bridgehead atoms. The van der Waals surface area contributed by atoms with Gasteiger partial charge in [0.15, 0.2) is 0 Å². The number of ether oxygens (including phenoxy) is 1. The van der Waals surface area contributed by atoms with E-state index < -0.39 is 0 Å². The van der Waals surface area contributed by atoms with Crippen LogP contribution in [0.15, 0.2) is 0 Å². The van der Waals surface area contributed by atoms with Crippen LogP contribution >= 0.6 is 0 Å². The summed E-state index contributed by atoms with van der Waals surface area (Å²) in [6.07, 6.45) is 7.78. The minimum absolute atomic E-state index is 0.140. The fourth-order valence-corrected chi connectivity index (χ4v) is 2.23. The smallest absolute Gasteiger partial charge is 0.0693 e. The van der Waals surface area contributed by atoms with Crippen LogP contribution in [0.25, 0.3) is 0 Å². The highest BCUT2D eigenvalue weighted by molar-refractivity contribution is 4.78. The normalized spacial score (nSPS) is 26.6. The van der Waals surface area contributed by atoms with Crippen LogP contribution in [-0.2, 0) is 4.74 Å². The molecule has 3 nitrogen and oxygen atoms in total. The minimum atomic E-state index is -0.140. The van der Waals surface area contributed by atoms with Crippen molar-refractivity contribution >= 4 is 0 Å². The molecule has 2 unspecified atom stereocenters. The minimum Gasteiger partial charge on any atom is -0.392 e. The Balaban J connectivity index is 2.01. The van der Waals surface area contributed by atoms with Gasteiger partial charge in [-0.1, -0.05) is 26.2 Å². The van der Waals surface area contributed by atoms with Crippen LogP contribution < -0.4 is 5.32 Å². The van der Waals surface area contributed by atoms with Gasteiger partial charge in [-0.25, -0.2) is 0 Å². The van der Waals surface area contributed by atoms with Crippen molar-refractivity contribution in [1.29, 1.82) is 0 Å². The molecule has 2 atom stereocenters. The second kappa shape index (κ2) is 8.97. The zero-order chi connectivity index (χ0) is 11.6. The molecule has 0 heterocycles. The van der Waals surface area contributed by atoms with Gasteiger partial charge in [-0.3, -0.25) is 0 Å². The molecule has 0 aromatic carbocycles. The van der Waals surface area contributed by atoms with Crippen molar-refractivity contribution in [1.82, 2.24) is 5.32 Å². The van der Waals surface area contributed by atoms with E-state index in [9.17, 15) is 5.11 Å². The molecule has 16 heavy (non-hydrogen) atoms. The van der Waals surface area contributed by atoms with Gasteiger partial charge in [0.05, 0.1) is 6.10 Å². The van der Waals surface area contributed by atoms with Gasteiger partial charge in [0.25, 0.3) is 0 Å². The average molecular weight is 229 g/mol. The summed E-state index contributed by atoms with van der Waals surface area (Å²) in [6.45, 7) is 4.79. The van der Waals surface area contributed by atoms with E-state index in [0.717, 1.165) is 45.4 Å². The summed E-state index contributed by atoms with van der Waals surface area (Å²) in [4.78, 5) is 0. The molecule has 0 amide bonds. The number of hydrogen-bond donors (Lipinski definition) is 2. The highest BCUT2D eigenvalue weighted by atomic mass is 16.5. The van der Waals surface area contributed by atoms with Crippen molar-refractivity contribution < 1.29 is 9.84 Å². The Hall–Kier alpha value is -0.120. The van der Waals surface area contributed by atoms with Gasteiger partial charge < -0.3 is 15.2 Å². The third-order valence-electron chi connectivity index (χ3n) is 3.20. The molecule has 1 aliphatic rings. The Morgan fingerprint density at radius 2 is 2.00 bits per heavy atom. The number of aliphatic hydroxyl groups is 1. The first kappa shape index (κ1) is 13.9. The lowest BCUT2D eigenvalue weighted by atomic mass is 10.1. The molecule has 1 aliphatic carbocycles. The van der Waals surface area contributed by atoms with Crippen LogP contribution in [0.4, 0.5) is 0 Å². The number of aliphatic hydroxyl groups excluding tert-OH is 1. The summed E-state index contributed by atoms with van der Waals surface area (Å²) in [7, 11) is 0. The van der Waals surface area contributed by atoms with E-state index >= 15 is 0 Å². The molecular weight excluding hydrogens is 202 g/mol. The first-order valence-electron chi connectivity index (χ1n) is 6.83. The fourth-order valence-electron chi connectivity index (χ4n) is 2.23. The molecular formula is C13H27NO2. The molecule has 1 rings (SSSR count). The van der Waals surface area contributed by atoms with Crippen LogP contribution in [0.1, 0.15) is 51.9 Å². The second-order valence-electron chi connectivity index (χ2n) is 4.73. The third-order valence-corrected chi connectivity index (χ3v) is 3.20. The lowest BCUT2D eigenvalue weighted by Crippen LogP contribution is -2.39. The Labute approximate surface area is 99.6 Å². The maximum absolute atomic E-state index is 9.90. The molecule has 2 N–H and O–H groups in total. The zero-order valence-electron chi connectivity index (χ0n) is 10.6. The van der Waals surface area contributed by atoms with Crippen molar-refractivity contribution in [2.75, 3.05) is 19.8 Å². The average Bonchev–Trinajstić information content (AvgIpc) is 2.49. The molecule has 1 saturated carbocycles. The summed E-state index contributed by atoms with van der Waals surface area (Å²) in [6, 6.07) is 0.314. The Kier molecular flexibility index (Phi) is 7.81. The van der Waals surface area contributed by atoms with Crippen LogP contribution in [0.2, 0.25) is 0 Å². The maximum Gasteiger partial charge on any atom is 0.0693 e.